The molecule has 242 valence electrons. The molecule has 3 rings (SSSR count). The first-order valence-corrected chi connectivity index (χ1v) is 15.8. The van der Waals surface area contributed by atoms with Gasteiger partial charge in [-0.25, -0.2) is 9.59 Å². The van der Waals surface area contributed by atoms with E-state index in [1.165, 1.54) is 0 Å². The van der Waals surface area contributed by atoms with Gasteiger partial charge in [-0.2, -0.15) is 0 Å². The Morgan fingerprint density at radius 1 is 0.711 bits per heavy atom. The number of nitrogens with zero attached hydrogens (tertiary/aromatic N) is 2. The molecule has 2 aromatic carbocycles. The van der Waals surface area contributed by atoms with Crippen LogP contribution in [0, 0.1) is 0 Å². The molecule has 0 radical (unpaired) electrons. The second-order valence-corrected chi connectivity index (χ2v) is 10.8. The van der Waals surface area contributed by atoms with E-state index in [2.05, 4.69) is 41.4 Å². The second kappa shape index (κ2) is 19.4. The predicted molar refractivity (Wildman–Crippen MR) is 183 cm³/mol. The van der Waals surface area contributed by atoms with Crippen molar-refractivity contribution in [2.75, 3.05) is 64.4 Å². The van der Waals surface area contributed by atoms with E-state index in [0.717, 1.165) is 74.2 Å². The Morgan fingerprint density at radius 2 is 1.18 bits per heavy atom. The number of benzene rings is 2. The number of carbonyl (C=O) groups excluding carboxylic acids is 2. The van der Waals surface area contributed by atoms with E-state index in [-0.39, 0.29) is 11.9 Å². The highest BCUT2D eigenvalue weighted by Gasteiger charge is 2.27. The summed E-state index contributed by atoms with van der Waals surface area (Å²) in [5, 5.41) is 3.40. The lowest BCUT2D eigenvalue weighted by Crippen LogP contribution is -2.30. The Bertz CT molecular complexity index is 1280. The molecule has 0 spiro atoms. The van der Waals surface area contributed by atoms with Crippen LogP contribution < -0.4 is 5.32 Å². The molecule has 1 aliphatic heterocycles. The minimum Gasteiger partial charge on any atom is -0.461 e. The number of carbonyl (C=O) groups is 2. The monoisotopic (exact) mass is 615 g/mol. The van der Waals surface area contributed by atoms with Gasteiger partial charge in [-0.1, -0.05) is 36.4 Å². The van der Waals surface area contributed by atoms with Crippen molar-refractivity contribution in [3.63, 3.8) is 0 Å². The van der Waals surface area contributed by atoms with Crippen LogP contribution in [0.4, 0.5) is 5.69 Å². The molecular weight excluding hydrogens is 566 g/mol. The summed E-state index contributed by atoms with van der Waals surface area (Å²) >= 11 is 0. The van der Waals surface area contributed by atoms with E-state index in [4.69, 9.17) is 14.2 Å². The zero-order valence-electron chi connectivity index (χ0n) is 26.8. The summed E-state index contributed by atoms with van der Waals surface area (Å²) in [7, 11) is 0. The van der Waals surface area contributed by atoms with E-state index in [1.807, 2.05) is 49.4 Å². The van der Waals surface area contributed by atoms with Crippen molar-refractivity contribution < 1.29 is 23.8 Å². The highest BCUT2D eigenvalue weighted by atomic mass is 16.5. The van der Waals surface area contributed by atoms with E-state index in [9.17, 15) is 9.59 Å². The van der Waals surface area contributed by atoms with Crippen LogP contribution in [-0.2, 0) is 14.2 Å². The molecule has 0 aliphatic carbocycles. The van der Waals surface area contributed by atoms with Crippen LogP contribution >= 0.6 is 0 Å². The highest BCUT2D eigenvalue weighted by molar-refractivity contribution is 5.96. The van der Waals surface area contributed by atoms with Crippen LogP contribution in [0.15, 0.2) is 87.0 Å². The van der Waals surface area contributed by atoms with Gasteiger partial charge in [0.15, 0.2) is 6.23 Å². The molecule has 8 nitrogen and oxygen atoms in total. The fourth-order valence-corrected chi connectivity index (χ4v) is 5.16. The maximum Gasteiger partial charge on any atom is 0.338 e. The highest BCUT2D eigenvalue weighted by Crippen LogP contribution is 2.42. The number of fused-ring (bicyclic) bond motifs is 3. The molecule has 0 fully saturated rings. The van der Waals surface area contributed by atoms with Crippen molar-refractivity contribution >= 4 is 17.6 Å². The Labute approximate surface area is 269 Å². The average molecular weight is 616 g/mol. The Hall–Kier alpha value is -3.98. The van der Waals surface area contributed by atoms with Gasteiger partial charge < -0.3 is 19.5 Å². The van der Waals surface area contributed by atoms with Crippen LogP contribution in [0.2, 0.25) is 0 Å². The van der Waals surface area contributed by atoms with Gasteiger partial charge in [-0.15, -0.1) is 26.3 Å². The van der Waals surface area contributed by atoms with Crippen molar-refractivity contribution in [1.29, 1.82) is 0 Å². The first-order chi connectivity index (χ1) is 21.9. The lowest BCUT2D eigenvalue weighted by molar-refractivity contribution is 0.0453. The third kappa shape index (κ3) is 10.8. The minimum absolute atomic E-state index is 0.292. The zero-order chi connectivity index (χ0) is 32.4. The summed E-state index contributed by atoms with van der Waals surface area (Å²) < 4.78 is 17.3. The maximum absolute atomic E-state index is 13.0. The molecule has 0 bridgehead atoms. The van der Waals surface area contributed by atoms with Crippen molar-refractivity contribution in [3.8, 4) is 11.1 Å². The summed E-state index contributed by atoms with van der Waals surface area (Å²) in [5.74, 6) is -0.756. The Balaban J connectivity index is 1.68. The molecule has 0 amide bonds. The molecule has 1 heterocycles. The average Bonchev–Trinajstić information content (AvgIpc) is 3.06. The quantitative estimate of drug-likeness (QED) is 0.112. The molecule has 1 N–H and O–H groups in total. The third-order valence-electron chi connectivity index (χ3n) is 7.61. The number of esters is 2. The van der Waals surface area contributed by atoms with Crippen LogP contribution in [0.1, 0.15) is 65.1 Å². The fourth-order valence-electron chi connectivity index (χ4n) is 5.16. The SMILES string of the molecule is C=CCCN(CCC=C)CCOC(=O)c1ccc2c(c1)NC(OCC)c1cc(C(=O)OCCN(CCC=C)CCC=C)ccc1-2. The standard InChI is InChI=1S/C37H49N3O5/c1-6-11-19-39(20-12-7-2)23-25-44-36(41)29-15-17-31-32-18-16-30(28-34(32)38-35(43-10-5)33(31)27-29)37(42)45-26-24-40(21-13-8-3)22-14-9-4/h6-9,15-18,27-28,35,38H,1-4,10-14,19-26H2,5H3. The van der Waals surface area contributed by atoms with Crippen molar-refractivity contribution in [2.45, 2.75) is 38.8 Å². The molecule has 0 aromatic heterocycles. The van der Waals surface area contributed by atoms with Gasteiger partial charge in [-0.3, -0.25) is 9.80 Å². The van der Waals surface area contributed by atoms with Crippen LogP contribution in [0.5, 0.6) is 0 Å². The van der Waals surface area contributed by atoms with E-state index < -0.39 is 6.23 Å². The number of rotatable bonds is 22. The summed E-state index contributed by atoms with van der Waals surface area (Å²) in [4.78, 5) is 30.4. The normalized spacial score (nSPS) is 13.4. The molecule has 1 atom stereocenters. The van der Waals surface area contributed by atoms with Gasteiger partial charge in [0.1, 0.15) is 13.2 Å². The Morgan fingerprint density at radius 3 is 1.64 bits per heavy atom. The van der Waals surface area contributed by atoms with Crippen LogP contribution in [-0.4, -0.2) is 80.8 Å². The van der Waals surface area contributed by atoms with Gasteiger partial charge in [0.05, 0.1) is 11.1 Å². The number of anilines is 1. The molecule has 8 heteroatoms. The van der Waals surface area contributed by atoms with Crippen LogP contribution in [0.3, 0.4) is 0 Å². The summed E-state index contributed by atoms with van der Waals surface area (Å²) in [5.41, 5.74) is 4.37. The smallest absolute Gasteiger partial charge is 0.338 e. The lowest BCUT2D eigenvalue weighted by atomic mass is 9.91. The van der Waals surface area contributed by atoms with Gasteiger partial charge >= 0.3 is 11.9 Å². The molecule has 1 aliphatic rings. The van der Waals surface area contributed by atoms with Gasteiger partial charge in [-0.05, 0) is 62.4 Å². The van der Waals surface area contributed by atoms with Crippen LogP contribution in [0.25, 0.3) is 11.1 Å². The van der Waals surface area contributed by atoms with E-state index in [1.54, 1.807) is 18.2 Å². The lowest BCUT2D eigenvalue weighted by Gasteiger charge is -2.30. The fraction of sp³-hybridized carbons (Fsp3) is 0.405. The van der Waals surface area contributed by atoms with E-state index in [0.29, 0.717) is 44.0 Å². The molecule has 0 saturated carbocycles. The molecule has 45 heavy (non-hydrogen) atoms. The van der Waals surface area contributed by atoms with Gasteiger partial charge in [0.2, 0.25) is 0 Å². The largest absolute Gasteiger partial charge is 0.461 e. The van der Waals surface area contributed by atoms with Crippen molar-refractivity contribution in [2.24, 2.45) is 0 Å². The van der Waals surface area contributed by atoms with Crippen molar-refractivity contribution in [1.82, 2.24) is 9.80 Å². The van der Waals surface area contributed by atoms with E-state index >= 15 is 0 Å². The summed E-state index contributed by atoms with van der Waals surface area (Å²) in [6.07, 6.45) is 10.6. The second-order valence-electron chi connectivity index (χ2n) is 10.8. The molecule has 1 unspecified atom stereocenters. The first-order valence-electron chi connectivity index (χ1n) is 15.8. The molecule has 0 saturated heterocycles. The Kier molecular flexibility index (Phi) is 15.3. The summed E-state index contributed by atoms with van der Waals surface area (Å²) in [6.45, 7) is 22.9. The number of hydrogen-bond donors (Lipinski definition) is 1. The summed E-state index contributed by atoms with van der Waals surface area (Å²) in [6, 6.07) is 11.0. The number of ether oxygens (including phenoxy) is 3. The topological polar surface area (TPSA) is 80.3 Å². The maximum atomic E-state index is 13.0. The molecule has 2 aromatic rings. The zero-order valence-corrected chi connectivity index (χ0v) is 26.8. The third-order valence-corrected chi connectivity index (χ3v) is 7.61. The number of nitrogens with one attached hydrogen (secondary N) is 1. The van der Waals surface area contributed by atoms with Gasteiger partial charge in [0.25, 0.3) is 0 Å². The molecular formula is C37H49N3O5. The minimum atomic E-state index is -0.493. The van der Waals surface area contributed by atoms with Gasteiger partial charge in [0, 0.05) is 62.7 Å². The van der Waals surface area contributed by atoms with Crippen molar-refractivity contribution in [3.05, 3.63) is 104 Å². The number of hydrogen-bond acceptors (Lipinski definition) is 8. The first kappa shape index (κ1) is 35.5. The predicted octanol–water partition coefficient (Wildman–Crippen LogP) is 7.04.